The number of para-hydroxylation sites is 1. The molecule has 3 nitrogen and oxygen atoms in total. The Kier molecular flexibility index (Phi) is 3.37. The summed E-state index contributed by atoms with van der Waals surface area (Å²) >= 11 is 0. The van der Waals surface area contributed by atoms with Gasteiger partial charge in [-0.3, -0.25) is 9.98 Å². The summed E-state index contributed by atoms with van der Waals surface area (Å²) in [6.07, 6.45) is 0.489. The van der Waals surface area contributed by atoms with Crippen LogP contribution < -0.4 is 4.74 Å². The number of hydrogen-bond acceptors (Lipinski definition) is 3. The number of nitrogens with zero attached hydrogens (tertiary/aromatic N) is 2. The lowest BCUT2D eigenvalue weighted by Gasteiger charge is -2.12. The maximum absolute atomic E-state index is 14.2. The Morgan fingerprint density at radius 1 is 1.25 bits per heavy atom. The molecule has 1 saturated carbocycles. The first kappa shape index (κ1) is 15.2. The third kappa shape index (κ3) is 2.46. The molecule has 6 heteroatoms. The molecular formula is C18H15F3N2O. The molecule has 0 unspecified atom stereocenters. The van der Waals surface area contributed by atoms with Gasteiger partial charge in [0, 0.05) is 17.3 Å². The second kappa shape index (κ2) is 5.33. The Hall–Kier alpha value is -2.37. The molecule has 124 valence electrons. The van der Waals surface area contributed by atoms with E-state index in [0.29, 0.717) is 29.0 Å². The van der Waals surface area contributed by atoms with Gasteiger partial charge in [-0.15, -0.1) is 0 Å². The third-order valence-electron chi connectivity index (χ3n) is 4.48. The first-order chi connectivity index (χ1) is 11.5. The van der Waals surface area contributed by atoms with Gasteiger partial charge in [0.1, 0.15) is 12.3 Å². The van der Waals surface area contributed by atoms with Crippen molar-refractivity contribution >= 4 is 5.71 Å². The van der Waals surface area contributed by atoms with Crippen LogP contribution in [0.5, 0.6) is 5.75 Å². The maximum Gasteiger partial charge on any atom is 0.280 e. The molecule has 0 N–H and O–H groups in total. The molecule has 0 radical (unpaired) electrons. The van der Waals surface area contributed by atoms with E-state index >= 15 is 0 Å². The summed E-state index contributed by atoms with van der Waals surface area (Å²) in [5.74, 6) is -0.289. The molecule has 1 aromatic heterocycles. The zero-order chi connectivity index (χ0) is 16.9. The van der Waals surface area contributed by atoms with Gasteiger partial charge in [-0.2, -0.15) is 0 Å². The molecule has 0 atom stereocenters. The van der Waals surface area contributed by atoms with Gasteiger partial charge in [0.05, 0.1) is 11.3 Å². The van der Waals surface area contributed by atoms with Gasteiger partial charge < -0.3 is 4.74 Å². The second-order valence-electron chi connectivity index (χ2n) is 6.32. The minimum atomic E-state index is -2.63. The van der Waals surface area contributed by atoms with E-state index in [0.717, 1.165) is 12.8 Å². The molecule has 0 bridgehead atoms. The van der Waals surface area contributed by atoms with Crippen molar-refractivity contribution in [2.45, 2.75) is 31.7 Å². The van der Waals surface area contributed by atoms with Crippen molar-refractivity contribution < 1.29 is 17.9 Å². The first-order valence-corrected chi connectivity index (χ1v) is 7.76. The molecule has 4 rings (SSSR count). The monoisotopic (exact) mass is 332 g/mol. The fourth-order valence-electron chi connectivity index (χ4n) is 2.94. The molecule has 2 heterocycles. The zero-order valence-electron chi connectivity index (χ0n) is 13.0. The third-order valence-corrected chi connectivity index (χ3v) is 4.48. The van der Waals surface area contributed by atoms with Crippen LogP contribution in [-0.4, -0.2) is 22.8 Å². The molecule has 1 aliphatic heterocycles. The van der Waals surface area contributed by atoms with Gasteiger partial charge in [0.25, 0.3) is 6.43 Å². The number of aliphatic imine (C=N–C) groups is 1. The molecule has 0 saturated heterocycles. The number of ether oxygens (including phenoxy) is 1. The number of hydrogen-bond donors (Lipinski definition) is 0. The topological polar surface area (TPSA) is 34.5 Å². The lowest BCUT2D eigenvalue weighted by Crippen LogP contribution is -2.17. The van der Waals surface area contributed by atoms with Crippen LogP contribution in [-0.2, 0) is 0 Å². The summed E-state index contributed by atoms with van der Waals surface area (Å²) in [5.41, 5.74) is 1.49. The molecule has 1 fully saturated rings. The molecular weight excluding hydrogens is 317 g/mol. The van der Waals surface area contributed by atoms with Crippen molar-refractivity contribution in [2.75, 3.05) is 6.61 Å². The van der Waals surface area contributed by atoms with Crippen LogP contribution in [0, 0.1) is 12.7 Å². The number of pyridine rings is 1. The van der Waals surface area contributed by atoms with Crippen molar-refractivity contribution in [1.82, 2.24) is 4.98 Å². The van der Waals surface area contributed by atoms with Crippen LogP contribution in [0.15, 0.2) is 35.5 Å². The largest absolute Gasteiger partial charge is 0.487 e. The van der Waals surface area contributed by atoms with Crippen LogP contribution >= 0.6 is 0 Å². The predicted octanol–water partition coefficient (Wildman–Crippen LogP) is 4.23. The molecule has 24 heavy (non-hydrogen) atoms. The van der Waals surface area contributed by atoms with E-state index in [9.17, 15) is 13.2 Å². The summed E-state index contributed by atoms with van der Waals surface area (Å²) in [4.78, 5) is 8.67. The van der Waals surface area contributed by atoms with E-state index in [1.165, 1.54) is 12.3 Å². The fourth-order valence-corrected chi connectivity index (χ4v) is 2.94. The highest BCUT2D eigenvalue weighted by Crippen LogP contribution is 2.44. The smallest absolute Gasteiger partial charge is 0.280 e. The highest BCUT2D eigenvalue weighted by Gasteiger charge is 2.46. The van der Waals surface area contributed by atoms with Gasteiger partial charge >= 0.3 is 0 Å². The van der Waals surface area contributed by atoms with E-state index in [2.05, 4.69) is 4.98 Å². The minimum absolute atomic E-state index is 0.163. The summed E-state index contributed by atoms with van der Waals surface area (Å²) in [7, 11) is 0. The molecule has 2 aliphatic rings. The number of fused-ring (bicyclic) bond motifs is 1. The maximum atomic E-state index is 14.2. The van der Waals surface area contributed by atoms with Crippen LogP contribution in [0.25, 0.3) is 0 Å². The van der Waals surface area contributed by atoms with Crippen LogP contribution in [0.3, 0.4) is 0 Å². The average molecular weight is 332 g/mol. The highest BCUT2D eigenvalue weighted by atomic mass is 19.3. The van der Waals surface area contributed by atoms with Crippen LogP contribution in [0.4, 0.5) is 13.2 Å². The van der Waals surface area contributed by atoms with Crippen LogP contribution in [0.1, 0.15) is 41.7 Å². The number of alkyl halides is 2. The molecule has 1 aromatic carbocycles. The van der Waals surface area contributed by atoms with Gasteiger partial charge in [-0.05, 0) is 43.5 Å². The number of rotatable bonds is 2. The van der Waals surface area contributed by atoms with E-state index in [-0.39, 0.29) is 17.0 Å². The Labute approximate surface area is 137 Å². The van der Waals surface area contributed by atoms with Crippen molar-refractivity contribution in [3.63, 3.8) is 0 Å². The van der Waals surface area contributed by atoms with Gasteiger partial charge in [-0.1, -0.05) is 6.07 Å². The van der Waals surface area contributed by atoms with Gasteiger partial charge in [0.2, 0.25) is 0 Å². The second-order valence-corrected chi connectivity index (χ2v) is 6.32. The van der Waals surface area contributed by atoms with Gasteiger partial charge in [0.15, 0.2) is 11.6 Å². The lowest BCUT2D eigenvalue weighted by atomic mass is 10.0. The summed E-state index contributed by atoms with van der Waals surface area (Å²) in [6, 6.07) is 6.29. The average Bonchev–Trinajstić information content (AvgIpc) is 3.33. The zero-order valence-corrected chi connectivity index (χ0v) is 13.0. The standard InChI is InChI=1S/C18H15F3N2O/c1-10-7-11(8-22-14(10)17(20)21)15-12-3-2-4-13(19)16(12)24-9-18(23-15)5-6-18/h2-4,7-8,17H,5-6,9H2,1H3. The van der Waals surface area contributed by atoms with Crippen molar-refractivity contribution in [3.05, 3.63) is 58.7 Å². The van der Waals surface area contributed by atoms with Crippen molar-refractivity contribution in [2.24, 2.45) is 4.99 Å². The van der Waals surface area contributed by atoms with Crippen molar-refractivity contribution in [3.8, 4) is 5.75 Å². The minimum Gasteiger partial charge on any atom is -0.487 e. The first-order valence-electron chi connectivity index (χ1n) is 7.76. The molecule has 0 amide bonds. The van der Waals surface area contributed by atoms with E-state index in [4.69, 9.17) is 9.73 Å². The van der Waals surface area contributed by atoms with E-state index in [1.54, 1.807) is 25.1 Å². The Morgan fingerprint density at radius 2 is 2.04 bits per heavy atom. The number of halogens is 3. The van der Waals surface area contributed by atoms with Crippen LogP contribution in [0.2, 0.25) is 0 Å². The predicted molar refractivity (Wildman–Crippen MR) is 83.4 cm³/mol. The lowest BCUT2D eigenvalue weighted by molar-refractivity contribution is 0.145. The number of aryl methyl sites for hydroxylation is 1. The quantitative estimate of drug-likeness (QED) is 0.825. The van der Waals surface area contributed by atoms with E-state index in [1.807, 2.05) is 0 Å². The summed E-state index contributed by atoms with van der Waals surface area (Å²) < 4.78 is 45.7. The highest BCUT2D eigenvalue weighted by molar-refractivity contribution is 6.15. The Morgan fingerprint density at radius 3 is 2.71 bits per heavy atom. The fraction of sp³-hybridized carbons (Fsp3) is 0.333. The normalized spacial score (nSPS) is 18.0. The molecule has 2 aromatic rings. The Balaban J connectivity index is 1.88. The molecule has 1 aliphatic carbocycles. The Bertz CT molecular complexity index is 844. The summed E-state index contributed by atoms with van der Waals surface area (Å²) in [5, 5.41) is 0. The van der Waals surface area contributed by atoms with Gasteiger partial charge in [-0.25, -0.2) is 13.2 Å². The molecule has 1 spiro atoms. The summed E-state index contributed by atoms with van der Waals surface area (Å²) in [6.45, 7) is 1.91. The number of benzene rings is 1. The SMILES string of the molecule is Cc1cc(C2=NC3(CC3)COc3c(F)cccc32)cnc1C(F)F. The number of aromatic nitrogens is 1. The van der Waals surface area contributed by atoms with E-state index < -0.39 is 12.2 Å². The van der Waals surface area contributed by atoms with Crippen molar-refractivity contribution in [1.29, 1.82) is 0 Å².